The minimum absolute atomic E-state index is 0.286. The van der Waals surface area contributed by atoms with E-state index in [1.165, 1.54) is 0 Å². The molecule has 0 aromatic heterocycles. The van der Waals surface area contributed by atoms with E-state index in [2.05, 4.69) is 5.32 Å². The molecule has 0 aliphatic rings. The molecule has 0 atom stereocenters. The highest BCUT2D eigenvalue weighted by atomic mass is 16.2. The van der Waals surface area contributed by atoms with Crippen molar-refractivity contribution in [3.05, 3.63) is 0 Å². The first-order chi connectivity index (χ1) is 5.20. The average molecular weight is 156 g/mol. The van der Waals surface area contributed by atoms with Gasteiger partial charge in [0.05, 0.1) is 0 Å². The third kappa shape index (κ3) is 5.58. The van der Waals surface area contributed by atoms with Gasteiger partial charge in [0.15, 0.2) is 0 Å². The summed E-state index contributed by atoms with van der Waals surface area (Å²) in [7, 11) is 0. The second-order valence-electron chi connectivity index (χ2n) is 2.40. The number of imide groups is 1. The average Bonchev–Trinajstić information content (AvgIpc) is 1.87. The van der Waals surface area contributed by atoms with Crippen LogP contribution in [0, 0.1) is 0 Å². The standard InChI is InChI=1S/C8H14NO2/c1-3-5-7(10)9-8(11)6-4-2/h3-6H2,1-2H3. The van der Waals surface area contributed by atoms with Crippen LogP contribution in [0.1, 0.15) is 39.5 Å². The Morgan fingerprint density at radius 3 is 1.64 bits per heavy atom. The Labute approximate surface area is 67.2 Å². The Balaban J connectivity index is 3.49. The van der Waals surface area contributed by atoms with E-state index in [0.717, 1.165) is 12.8 Å². The van der Waals surface area contributed by atoms with Gasteiger partial charge in [-0.1, -0.05) is 13.8 Å². The zero-order valence-electron chi connectivity index (χ0n) is 7.09. The van der Waals surface area contributed by atoms with Gasteiger partial charge in [0.2, 0.25) is 11.8 Å². The van der Waals surface area contributed by atoms with Gasteiger partial charge in [-0.3, -0.25) is 9.59 Å². The molecule has 2 amide bonds. The summed E-state index contributed by atoms with van der Waals surface area (Å²) in [5.41, 5.74) is 0. The number of nitrogens with zero attached hydrogens (tertiary/aromatic N) is 1. The van der Waals surface area contributed by atoms with E-state index < -0.39 is 0 Å². The van der Waals surface area contributed by atoms with Gasteiger partial charge in [0.1, 0.15) is 0 Å². The predicted octanol–water partition coefficient (Wildman–Crippen LogP) is 1.24. The third-order valence-electron chi connectivity index (χ3n) is 1.18. The van der Waals surface area contributed by atoms with Gasteiger partial charge in [-0.2, -0.15) is 5.32 Å². The first-order valence-electron chi connectivity index (χ1n) is 3.98. The zero-order chi connectivity index (χ0) is 8.69. The summed E-state index contributed by atoms with van der Waals surface area (Å²) in [6.45, 7) is 3.77. The molecule has 0 aromatic rings. The summed E-state index contributed by atoms with van der Waals surface area (Å²) in [6.07, 6.45) is 2.27. The maximum atomic E-state index is 10.7. The molecule has 0 aromatic carbocycles. The van der Waals surface area contributed by atoms with Crippen molar-refractivity contribution in [2.75, 3.05) is 0 Å². The molecule has 0 aliphatic heterocycles. The topological polar surface area (TPSA) is 48.2 Å². The fraction of sp³-hybridized carbons (Fsp3) is 0.750. The van der Waals surface area contributed by atoms with Crippen LogP contribution in [-0.2, 0) is 9.59 Å². The number of rotatable bonds is 4. The number of carbonyl (C=O) groups excluding carboxylic acids is 2. The van der Waals surface area contributed by atoms with Gasteiger partial charge < -0.3 is 0 Å². The molecule has 0 saturated carbocycles. The van der Waals surface area contributed by atoms with Crippen LogP contribution in [0.15, 0.2) is 0 Å². The smallest absolute Gasteiger partial charge is 0.248 e. The number of amides is 2. The maximum Gasteiger partial charge on any atom is 0.248 e. The van der Waals surface area contributed by atoms with E-state index in [0.29, 0.717) is 12.8 Å². The lowest BCUT2D eigenvalue weighted by Crippen LogP contribution is -2.21. The molecule has 0 bridgehead atoms. The van der Waals surface area contributed by atoms with Gasteiger partial charge in [-0.25, -0.2) is 0 Å². The Kier molecular flexibility index (Phi) is 5.43. The first kappa shape index (κ1) is 10.1. The van der Waals surface area contributed by atoms with Crippen LogP contribution >= 0.6 is 0 Å². The van der Waals surface area contributed by atoms with Crippen molar-refractivity contribution in [3.63, 3.8) is 0 Å². The van der Waals surface area contributed by atoms with Crippen molar-refractivity contribution in [1.82, 2.24) is 5.32 Å². The van der Waals surface area contributed by atoms with Crippen LogP contribution in [0.2, 0.25) is 0 Å². The summed E-state index contributed by atoms with van der Waals surface area (Å²) in [5, 5.41) is 3.38. The van der Waals surface area contributed by atoms with E-state index >= 15 is 0 Å². The van der Waals surface area contributed by atoms with Crippen LogP contribution in [0.4, 0.5) is 0 Å². The normalized spacial score (nSPS) is 9.27. The molecule has 0 aliphatic carbocycles. The number of hydrogen-bond donors (Lipinski definition) is 0. The van der Waals surface area contributed by atoms with Crippen LogP contribution in [0.5, 0.6) is 0 Å². The van der Waals surface area contributed by atoms with Crippen molar-refractivity contribution in [2.24, 2.45) is 0 Å². The van der Waals surface area contributed by atoms with Gasteiger partial charge in [-0.15, -0.1) is 0 Å². The fourth-order valence-electron chi connectivity index (χ4n) is 0.679. The van der Waals surface area contributed by atoms with E-state index in [9.17, 15) is 9.59 Å². The molecular weight excluding hydrogens is 142 g/mol. The van der Waals surface area contributed by atoms with Crippen LogP contribution < -0.4 is 5.32 Å². The lowest BCUT2D eigenvalue weighted by Gasteiger charge is -1.96. The molecule has 63 valence electrons. The van der Waals surface area contributed by atoms with E-state index in [-0.39, 0.29) is 11.8 Å². The molecule has 3 heteroatoms. The summed E-state index contributed by atoms with van der Waals surface area (Å²) in [5.74, 6) is -0.572. The SMILES string of the molecule is CCCC(=O)[N]C(=O)CCC. The summed E-state index contributed by atoms with van der Waals surface area (Å²) < 4.78 is 0. The molecule has 0 saturated heterocycles. The molecule has 0 rings (SSSR count). The minimum Gasteiger partial charge on any atom is -0.273 e. The molecule has 0 unspecified atom stereocenters. The quantitative estimate of drug-likeness (QED) is 0.615. The van der Waals surface area contributed by atoms with Gasteiger partial charge in [0.25, 0.3) is 0 Å². The fourth-order valence-corrected chi connectivity index (χ4v) is 0.679. The van der Waals surface area contributed by atoms with Crippen molar-refractivity contribution in [3.8, 4) is 0 Å². The highest BCUT2D eigenvalue weighted by molar-refractivity contribution is 5.94. The van der Waals surface area contributed by atoms with Crippen LogP contribution in [-0.4, -0.2) is 11.8 Å². The van der Waals surface area contributed by atoms with Gasteiger partial charge >= 0.3 is 0 Å². The molecule has 0 spiro atoms. The monoisotopic (exact) mass is 156 g/mol. The first-order valence-corrected chi connectivity index (χ1v) is 3.98. The largest absolute Gasteiger partial charge is 0.273 e. The van der Waals surface area contributed by atoms with Crippen molar-refractivity contribution in [1.29, 1.82) is 0 Å². The number of carbonyl (C=O) groups is 2. The summed E-state index contributed by atoms with van der Waals surface area (Å²) >= 11 is 0. The van der Waals surface area contributed by atoms with Crippen LogP contribution in [0.3, 0.4) is 0 Å². The van der Waals surface area contributed by atoms with Gasteiger partial charge in [-0.05, 0) is 12.8 Å². The van der Waals surface area contributed by atoms with E-state index in [1.807, 2.05) is 13.8 Å². The maximum absolute atomic E-state index is 10.7. The summed E-state index contributed by atoms with van der Waals surface area (Å²) in [6, 6.07) is 0. The molecular formula is C8H14NO2. The van der Waals surface area contributed by atoms with E-state index in [4.69, 9.17) is 0 Å². The Morgan fingerprint density at radius 1 is 1.00 bits per heavy atom. The predicted molar refractivity (Wildman–Crippen MR) is 42.0 cm³/mol. The highest BCUT2D eigenvalue weighted by Crippen LogP contribution is 1.91. The zero-order valence-corrected chi connectivity index (χ0v) is 7.09. The highest BCUT2D eigenvalue weighted by Gasteiger charge is 2.07. The van der Waals surface area contributed by atoms with Crippen molar-refractivity contribution < 1.29 is 9.59 Å². The van der Waals surface area contributed by atoms with Crippen LogP contribution in [0.25, 0.3) is 0 Å². The lowest BCUT2D eigenvalue weighted by atomic mass is 10.3. The van der Waals surface area contributed by atoms with E-state index in [1.54, 1.807) is 0 Å². The summed E-state index contributed by atoms with van der Waals surface area (Å²) in [4.78, 5) is 21.5. The Hall–Kier alpha value is -0.860. The van der Waals surface area contributed by atoms with Crippen molar-refractivity contribution >= 4 is 11.8 Å². The molecule has 0 N–H and O–H groups in total. The van der Waals surface area contributed by atoms with Gasteiger partial charge in [0, 0.05) is 12.8 Å². The van der Waals surface area contributed by atoms with Crippen molar-refractivity contribution in [2.45, 2.75) is 39.5 Å². The second-order valence-corrected chi connectivity index (χ2v) is 2.40. The molecule has 1 radical (unpaired) electrons. The molecule has 0 fully saturated rings. The second kappa shape index (κ2) is 5.89. The molecule has 3 nitrogen and oxygen atoms in total. The lowest BCUT2D eigenvalue weighted by molar-refractivity contribution is -0.130. The minimum atomic E-state index is -0.286. The molecule has 11 heavy (non-hydrogen) atoms. The third-order valence-corrected chi connectivity index (χ3v) is 1.18. The Bertz CT molecular complexity index is 127. The Morgan fingerprint density at radius 2 is 1.36 bits per heavy atom. The molecule has 0 heterocycles. The number of hydrogen-bond acceptors (Lipinski definition) is 2.